The molecule has 2 nitrogen and oxygen atoms in total. The van der Waals surface area contributed by atoms with Gasteiger partial charge >= 0.3 is 0 Å². The molecule has 0 N–H and O–H groups in total. The lowest BCUT2D eigenvalue weighted by Gasteiger charge is -1.95. The smallest absolute Gasteiger partial charge is 0.185 e. The standard InChI is InChI=1S/C14H11ClO2/c15-12-5-1-4-11(10-12)14(16)8-2-6-13-7-3-9-17-13/h1-5,7-10H,6H2/b8-2+. The molecule has 0 saturated carbocycles. The minimum absolute atomic E-state index is 0.0564. The van der Waals surface area contributed by atoms with Crippen molar-refractivity contribution in [1.82, 2.24) is 0 Å². The van der Waals surface area contributed by atoms with Crippen LogP contribution < -0.4 is 0 Å². The average Bonchev–Trinajstić information content (AvgIpc) is 2.82. The van der Waals surface area contributed by atoms with Gasteiger partial charge in [-0.15, -0.1) is 0 Å². The fourth-order valence-corrected chi connectivity index (χ4v) is 1.64. The summed E-state index contributed by atoms with van der Waals surface area (Å²) in [6.07, 6.45) is 5.54. The highest BCUT2D eigenvalue weighted by molar-refractivity contribution is 6.31. The largest absolute Gasteiger partial charge is 0.469 e. The number of ketones is 1. The van der Waals surface area contributed by atoms with Crippen LogP contribution in [-0.2, 0) is 6.42 Å². The van der Waals surface area contributed by atoms with Gasteiger partial charge in [0.25, 0.3) is 0 Å². The highest BCUT2D eigenvalue weighted by atomic mass is 35.5. The second-order valence-corrected chi connectivity index (χ2v) is 4.00. The SMILES string of the molecule is O=C(/C=C/Cc1ccco1)c1cccc(Cl)c1. The molecule has 0 aliphatic rings. The van der Waals surface area contributed by atoms with E-state index < -0.39 is 0 Å². The van der Waals surface area contributed by atoms with E-state index in [1.165, 1.54) is 6.08 Å². The van der Waals surface area contributed by atoms with Crippen molar-refractivity contribution in [2.75, 3.05) is 0 Å². The summed E-state index contributed by atoms with van der Waals surface area (Å²) in [7, 11) is 0. The number of halogens is 1. The first kappa shape index (κ1) is 11.7. The second-order valence-electron chi connectivity index (χ2n) is 3.56. The number of benzene rings is 1. The molecule has 17 heavy (non-hydrogen) atoms. The Bertz CT molecular complexity index is 527. The van der Waals surface area contributed by atoms with Crippen molar-refractivity contribution in [3.05, 3.63) is 71.2 Å². The van der Waals surface area contributed by atoms with Crippen molar-refractivity contribution < 1.29 is 9.21 Å². The molecule has 0 fully saturated rings. The van der Waals surface area contributed by atoms with E-state index in [1.54, 1.807) is 36.6 Å². The lowest BCUT2D eigenvalue weighted by molar-refractivity contribution is 0.104. The van der Waals surface area contributed by atoms with Crippen molar-refractivity contribution in [1.29, 1.82) is 0 Å². The van der Waals surface area contributed by atoms with Gasteiger partial charge in [-0.2, -0.15) is 0 Å². The molecule has 0 unspecified atom stereocenters. The Morgan fingerprint density at radius 3 is 2.88 bits per heavy atom. The average molecular weight is 247 g/mol. The molecule has 86 valence electrons. The Morgan fingerprint density at radius 1 is 1.29 bits per heavy atom. The Kier molecular flexibility index (Phi) is 3.78. The summed E-state index contributed by atoms with van der Waals surface area (Å²) in [5.41, 5.74) is 0.591. The molecular formula is C14H11ClO2. The van der Waals surface area contributed by atoms with Crippen molar-refractivity contribution in [3.63, 3.8) is 0 Å². The maximum absolute atomic E-state index is 11.7. The molecule has 0 atom stereocenters. The lowest BCUT2D eigenvalue weighted by Crippen LogP contribution is -1.93. The molecule has 2 rings (SSSR count). The number of hydrogen-bond acceptors (Lipinski definition) is 2. The van der Waals surface area contributed by atoms with Gasteiger partial charge in [0, 0.05) is 17.0 Å². The molecule has 0 aliphatic carbocycles. The van der Waals surface area contributed by atoms with Crippen LogP contribution in [0.3, 0.4) is 0 Å². The summed E-state index contributed by atoms with van der Waals surface area (Å²) < 4.78 is 5.16. The Morgan fingerprint density at radius 2 is 2.18 bits per heavy atom. The van der Waals surface area contributed by atoms with Crippen LogP contribution in [0.1, 0.15) is 16.1 Å². The zero-order valence-corrected chi connectivity index (χ0v) is 9.85. The van der Waals surface area contributed by atoms with E-state index in [0.29, 0.717) is 17.0 Å². The van der Waals surface area contributed by atoms with Crippen molar-refractivity contribution in [3.8, 4) is 0 Å². The molecular weight excluding hydrogens is 236 g/mol. The molecule has 0 spiro atoms. The Balaban J connectivity index is 1.99. The van der Waals surface area contributed by atoms with Crippen LogP contribution in [0.2, 0.25) is 5.02 Å². The van der Waals surface area contributed by atoms with Gasteiger partial charge in [-0.25, -0.2) is 0 Å². The van der Waals surface area contributed by atoms with E-state index in [-0.39, 0.29) is 5.78 Å². The lowest BCUT2D eigenvalue weighted by atomic mass is 10.1. The van der Waals surface area contributed by atoms with Gasteiger partial charge in [0.15, 0.2) is 5.78 Å². The van der Waals surface area contributed by atoms with Gasteiger partial charge in [0.05, 0.1) is 6.26 Å². The third kappa shape index (κ3) is 3.33. The first-order chi connectivity index (χ1) is 8.25. The van der Waals surface area contributed by atoms with Crippen molar-refractivity contribution in [2.45, 2.75) is 6.42 Å². The number of carbonyl (C=O) groups excluding carboxylic acids is 1. The molecule has 0 radical (unpaired) electrons. The monoisotopic (exact) mass is 246 g/mol. The fraction of sp³-hybridized carbons (Fsp3) is 0.0714. The highest BCUT2D eigenvalue weighted by Gasteiger charge is 2.01. The quantitative estimate of drug-likeness (QED) is 0.605. The predicted octanol–water partition coefficient (Wildman–Crippen LogP) is 3.91. The van der Waals surface area contributed by atoms with E-state index in [2.05, 4.69) is 0 Å². The third-order valence-electron chi connectivity index (χ3n) is 2.28. The van der Waals surface area contributed by atoms with E-state index in [9.17, 15) is 4.79 Å². The van der Waals surface area contributed by atoms with E-state index in [1.807, 2.05) is 12.1 Å². The van der Waals surface area contributed by atoms with Crippen LogP contribution in [0.25, 0.3) is 0 Å². The van der Waals surface area contributed by atoms with Gasteiger partial charge < -0.3 is 4.42 Å². The zero-order chi connectivity index (χ0) is 12.1. The minimum atomic E-state index is -0.0564. The van der Waals surface area contributed by atoms with Crippen LogP contribution in [0.4, 0.5) is 0 Å². The summed E-state index contributed by atoms with van der Waals surface area (Å²) in [5.74, 6) is 0.777. The van der Waals surface area contributed by atoms with Gasteiger partial charge in [0.1, 0.15) is 5.76 Å². The molecule has 0 bridgehead atoms. The third-order valence-corrected chi connectivity index (χ3v) is 2.51. The van der Waals surface area contributed by atoms with Crippen LogP contribution in [-0.4, -0.2) is 5.78 Å². The van der Waals surface area contributed by atoms with Gasteiger partial charge in [-0.05, 0) is 30.3 Å². The van der Waals surface area contributed by atoms with E-state index in [0.717, 1.165) is 5.76 Å². The summed E-state index contributed by atoms with van der Waals surface area (Å²) in [6, 6.07) is 10.6. The molecule has 2 aromatic rings. The maximum atomic E-state index is 11.7. The number of hydrogen-bond donors (Lipinski definition) is 0. The summed E-state index contributed by atoms with van der Waals surface area (Å²) in [6.45, 7) is 0. The van der Waals surface area contributed by atoms with Crippen LogP contribution >= 0.6 is 11.6 Å². The molecule has 1 aromatic heterocycles. The maximum Gasteiger partial charge on any atom is 0.185 e. The van der Waals surface area contributed by atoms with E-state index >= 15 is 0 Å². The highest BCUT2D eigenvalue weighted by Crippen LogP contribution is 2.11. The number of furan rings is 1. The zero-order valence-electron chi connectivity index (χ0n) is 9.10. The first-order valence-corrected chi connectivity index (χ1v) is 5.62. The topological polar surface area (TPSA) is 30.2 Å². The molecule has 0 saturated heterocycles. The van der Waals surface area contributed by atoms with Crippen LogP contribution in [0.5, 0.6) is 0 Å². The molecule has 0 amide bonds. The number of allylic oxidation sites excluding steroid dienone is 2. The minimum Gasteiger partial charge on any atom is -0.469 e. The van der Waals surface area contributed by atoms with Crippen molar-refractivity contribution in [2.24, 2.45) is 0 Å². The second kappa shape index (κ2) is 5.51. The summed E-state index contributed by atoms with van der Waals surface area (Å²) in [4.78, 5) is 11.7. The Hall–Kier alpha value is -1.80. The Labute approximate surface area is 105 Å². The summed E-state index contributed by atoms with van der Waals surface area (Å²) >= 11 is 5.81. The molecule has 1 heterocycles. The van der Waals surface area contributed by atoms with E-state index in [4.69, 9.17) is 16.0 Å². The first-order valence-electron chi connectivity index (χ1n) is 5.24. The van der Waals surface area contributed by atoms with Gasteiger partial charge in [-0.1, -0.05) is 29.8 Å². The predicted molar refractivity (Wildman–Crippen MR) is 67.3 cm³/mol. The van der Waals surface area contributed by atoms with Crippen LogP contribution in [0.15, 0.2) is 59.2 Å². The molecule has 3 heteroatoms. The summed E-state index contributed by atoms with van der Waals surface area (Å²) in [5, 5.41) is 0.565. The normalized spacial score (nSPS) is 10.9. The number of carbonyl (C=O) groups is 1. The number of rotatable bonds is 4. The van der Waals surface area contributed by atoms with Gasteiger partial charge in [0.2, 0.25) is 0 Å². The van der Waals surface area contributed by atoms with Crippen molar-refractivity contribution >= 4 is 17.4 Å². The fourth-order valence-electron chi connectivity index (χ4n) is 1.45. The molecule has 1 aromatic carbocycles. The van der Waals surface area contributed by atoms with Gasteiger partial charge in [-0.3, -0.25) is 4.79 Å². The molecule has 0 aliphatic heterocycles. The van der Waals surface area contributed by atoms with Crippen LogP contribution in [0, 0.1) is 0 Å².